The van der Waals surface area contributed by atoms with E-state index in [2.05, 4.69) is 19.7 Å². The van der Waals surface area contributed by atoms with Gasteiger partial charge in [-0.05, 0) is 24.3 Å². The normalized spacial score (nSPS) is 11.6. The van der Waals surface area contributed by atoms with E-state index in [1.807, 2.05) is 0 Å². The third-order valence-electron chi connectivity index (χ3n) is 3.31. The van der Waals surface area contributed by atoms with E-state index in [0.717, 1.165) is 12.1 Å². The fourth-order valence-electron chi connectivity index (χ4n) is 2.17. The topological polar surface area (TPSA) is 89.8 Å². The van der Waals surface area contributed by atoms with Gasteiger partial charge >= 0.3 is 0 Å². The number of hydrogen-bond acceptors (Lipinski definition) is 5. The van der Waals surface area contributed by atoms with Crippen LogP contribution in [0.2, 0.25) is 0 Å². The molecule has 2 aromatic heterocycles. The van der Waals surface area contributed by atoms with Gasteiger partial charge in [-0.15, -0.1) is 0 Å². The average molecular weight is 365 g/mol. The molecule has 0 saturated heterocycles. The summed E-state index contributed by atoms with van der Waals surface area (Å²) in [5, 5.41) is 0. The van der Waals surface area contributed by atoms with Gasteiger partial charge in [0, 0.05) is 37.9 Å². The molecule has 130 valence electrons. The molecule has 3 rings (SSSR count). The number of aromatic nitrogens is 4. The lowest BCUT2D eigenvalue weighted by Crippen LogP contribution is -2.28. The average Bonchev–Trinajstić information content (AvgIpc) is 3.06. The summed E-state index contributed by atoms with van der Waals surface area (Å²) in [7, 11) is -4.17. The minimum absolute atomic E-state index is 0.0471. The van der Waals surface area contributed by atoms with Crippen LogP contribution in [0.5, 0.6) is 0 Å². The Balaban J connectivity index is 1.72. The monoisotopic (exact) mass is 365 g/mol. The van der Waals surface area contributed by atoms with Crippen LogP contribution in [0, 0.1) is 11.6 Å². The van der Waals surface area contributed by atoms with Crippen LogP contribution in [-0.4, -0.2) is 34.5 Å². The molecule has 0 spiro atoms. The van der Waals surface area contributed by atoms with Gasteiger partial charge in [-0.2, -0.15) is 0 Å². The van der Waals surface area contributed by atoms with E-state index in [4.69, 9.17) is 0 Å². The van der Waals surface area contributed by atoms with Crippen LogP contribution in [0.25, 0.3) is 11.6 Å². The number of nitrogens with one attached hydrogen (secondary N) is 1. The van der Waals surface area contributed by atoms with Crippen molar-refractivity contribution < 1.29 is 17.2 Å². The van der Waals surface area contributed by atoms with Gasteiger partial charge in [0.25, 0.3) is 0 Å². The summed E-state index contributed by atoms with van der Waals surface area (Å²) in [6.07, 6.45) is 6.31. The molecule has 0 aliphatic carbocycles. The maximum absolute atomic E-state index is 13.6. The van der Waals surface area contributed by atoms with Gasteiger partial charge in [-0.25, -0.2) is 36.9 Å². The van der Waals surface area contributed by atoms with Gasteiger partial charge in [0.1, 0.15) is 16.5 Å². The fourth-order valence-corrected chi connectivity index (χ4v) is 3.28. The summed E-state index contributed by atoms with van der Waals surface area (Å²) >= 11 is 0. The molecule has 1 N–H and O–H groups in total. The lowest BCUT2D eigenvalue weighted by Gasteiger charge is -2.10. The Hall–Kier alpha value is -2.72. The van der Waals surface area contributed by atoms with Crippen molar-refractivity contribution in [3.8, 4) is 11.6 Å². The predicted molar refractivity (Wildman–Crippen MR) is 84.8 cm³/mol. The maximum Gasteiger partial charge on any atom is 0.243 e. The second-order valence-corrected chi connectivity index (χ2v) is 6.72. The molecular formula is C15H13F2N5O2S. The summed E-state index contributed by atoms with van der Waals surface area (Å²) in [6, 6.07) is 3.92. The summed E-state index contributed by atoms with van der Waals surface area (Å²) < 4.78 is 54.9. The first-order valence-electron chi connectivity index (χ1n) is 7.20. The SMILES string of the molecule is O=S(=O)(NCCn1ccnc1-c1ncccn1)c1cc(F)ccc1F. The second-order valence-electron chi connectivity index (χ2n) is 4.99. The molecule has 3 aromatic rings. The number of halogens is 2. The molecule has 0 aliphatic heterocycles. The van der Waals surface area contributed by atoms with E-state index < -0.39 is 26.6 Å². The van der Waals surface area contributed by atoms with Crippen molar-refractivity contribution in [2.45, 2.75) is 11.4 Å². The van der Waals surface area contributed by atoms with Crippen LogP contribution in [-0.2, 0) is 16.6 Å². The van der Waals surface area contributed by atoms with Gasteiger partial charge in [-0.3, -0.25) is 0 Å². The summed E-state index contributed by atoms with van der Waals surface area (Å²) in [5.41, 5.74) is 0. The van der Waals surface area contributed by atoms with Crippen molar-refractivity contribution in [2.24, 2.45) is 0 Å². The maximum atomic E-state index is 13.6. The Morgan fingerprint density at radius 2 is 1.84 bits per heavy atom. The van der Waals surface area contributed by atoms with E-state index in [-0.39, 0.29) is 13.1 Å². The molecule has 0 atom stereocenters. The summed E-state index contributed by atoms with van der Waals surface area (Å²) in [5.74, 6) is -0.988. The highest BCUT2D eigenvalue weighted by atomic mass is 32.2. The van der Waals surface area contributed by atoms with E-state index in [9.17, 15) is 17.2 Å². The quantitative estimate of drug-likeness (QED) is 0.717. The number of imidazole rings is 1. The Kier molecular flexibility index (Phi) is 4.81. The number of benzene rings is 1. The molecule has 1 aromatic carbocycles. The Labute approximate surface area is 142 Å². The van der Waals surface area contributed by atoms with E-state index in [0.29, 0.717) is 17.7 Å². The molecule has 0 unspecified atom stereocenters. The molecule has 0 amide bonds. The summed E-state index contributed by atoms with van der Waals surface area (Å²) in [6.45, 7) is 0.165. The zero-order valence-corrected chi connectivity index (χ0v) is 13.6. The summed E-state index contributed by atoms with van der Waals surface area (Å²) in [4.78, 5) is 11.6. The molecule has 2 heterocycles. The van der Waals surface area contributed by atoms with Crippen LogP contribution < -0.4 is 4.72 Å². The zero-order chi connectivity index (χ0) is 17.9. The molecule has 0 bridgehead atoms. The number of rotatable bonds is 6. The molecule has 25 heavy (non-hydrogen) atoms. The third-order valence-corrected chi connectivity index (χ3v) is 4.78. The lowest BCUT2D eigenvalue weighted by atomic mass is 10.3. The minimum Gasteiger partial charge on any atom is -0.327 e. The molecule has 0 saturated carbocycles. The highest BCUT2D eigenvalue weighted by Gasteiger charge is 2.19. The van der Waals surface area contributed by atoms with Crippen molar-refractivity contribution in [2.75, 3.05) is 6.54 Å². The molecule has 7 nitrogen and oxygen atoms in total. The Morgan fingerprint density at radius 3 is 2.60 bits per heavy atom. The van der Waals surface area contributed by atoms with Gasteiger partial charge in [0.05, 0.1) is 0 Å². The van der Waals surface area contributed by atoms with Crippen molar-refractivity contribution in [3.63, 3.8) is 0 Å². The lowest BCUT2D eigenvalue weighted by molar-refractivity contribution is 0.542. The van der Waals surface area contributed by atoms with E-state index >= 15 is 0 Å². The molecule has 0 fully saturated rings. The minimum atomic E-state index is -4.17. The van der Waals surface area contributed by atoms with Crippen molar-refractivity contribution in [1.82, 2.24) is 24.2 Å². The van der Waals surface area contributed by atoms with Gasteiger partial charge in [0.15, 0.2) is 11.6 Å². The third kappa shape index (κ3) is 3.86. The van der Waals surface area contributed by atoms with Crippen LogP contribution >= 0.6 is 0 Å². The zero-order valence-electron chi connectivity index (χ0n) is 12.8. The van der Waals surface area contributed by atoms with Crippen LogP contribution in [0.3, 0.4) is 0 Å². The Morgan fingerprint density at radius 1 is 1.08 bits per heavy atom. The van der Waals surface area contributed by atoms with Crippen LogP contribution in [0.1, 0.15) is 0 Å². The highest BCUT2D eigenvalue weighted by Crippen LogP contribution is 2.16. The molecule has 10 heteroatoms. The Bertz CT molecular complexity index is 977. The van der Waals surface area contributed by atoms with Gasteiger partial charge < -0.3 is 4.57 Å². The molecule has 0 radical (unpaired) electrons. The van der Waals surface area contributed by atoms with Crippen molar-refractivity contribution in [1.29, 1.82) is 0 Å². The van der Waals surface area contributed by atoms with Crippen LogP contribution in [0.15, 0.2) is 53.9 Å². The fraction of sp³-hybridized carbons (Fsp3) is 0.133. The molecule has 0 aliphatic rings. The predicted octanol–water partition coefficient (Wildman–Crippen LogP) is 1.60. The van der Waals surface area contributed by atoms with Gasteiger partial charge in [0.2, 0.25) is 10.0 Å². The number of hydrogen-bond donors (Lipinski definition) is 1. The highest BCUT2D eigenvalue weighted by molar-refractivity contribution is 7.89. The largest absolute Gasteiger partial charge is 0.327 e. The number of nitrogens with zero attached hydrogens (tertiary/aromatic N) is 4. The smallest absolute Gasteiger partial charge is 0.243 e. The molecular weight excluding hydrogens is 352 g/mol. The first kappa shape index (κ1) is 17.1. The van der Waals surface area contributed by atoms with Crippen molar-refractivity contribution in [3.05, 3.63) is 60.7 Å². The second kappa shape index (κ2) is 7.03. The first-order valence-corrected chi connectivity index (χ1v) is 8.69. The standard InChI is InChI=1S/C15H13F2N5O2S/c16-11-2-3-12(17)13(10-11)25(23,24)21-7-9-22-8-6-20-15(22)14-18-4-1-5-19-14/h1-6,8,10,21H,7,9H2. The van der Waals surface area contributed by atoms with Gasteiger partial charge in [-0.1, -0.05) is 0 Å². The van der Waals surface area contributed by atoms with E-state index in [1.54, 1.807) is 29.2 Å². The van der Waals surface area contributed by atoms with Crippen molar-refractivity contribution >= 4 is 10.0 Å². The van der Waals surface area contributed by atoms with Crippen LogP contribution in [0.4, 0.5) is 8.78 Å². The number of sulfonamides is 1. The first-order chi connectivity index (χ1) is 12.0. The van der Waals surface area contributed by atoms with E-state index in [1.165, 1.54) is 6.20 Å².